The van der Waals surface area contributed by atoms with Crippen molar-refractivity contribution >= 4 is 22.1 Å². The Balaban J connectivity index is 1.87. The van der Waals surface area contributed by atoms with Gasteiger partial charge in [-0.2, -0.15) is 0 Å². The summed E-state index contributed by atoms with van der Waals surface area (Å²) in [5, 5.41) is 1.22. The number of rotatable bonds is 1. The standard InChI is InChI=1S/C21H16N5/c1-24-18-12-22-11-9-16(18)19-21(24)25-13-17-15(8-5-10-23-17)20(25)26(19)14-6-3-2-4-7-14/h2-12H,13H2,1H3/q+1. The quantitative estimate of drug-likeness (QED) is 0.432. The van der Waals surface area contributed by atoms with Gasteiger partial charge >= 0.3 is 0 Å². The second-order valence-corrected chi connectivity index (χ2v) is 6.70. The van der Waals surface area contributed by atoms with Crippen LogP contribution in [0.2, 0.25) is 0 Å². The maximum Gasteiger partial charge on any atom is 0.270 e. The predicted octanol–water partition coefficient (Wildman–Crippen LogP) is 3.23. The smallest absolute Gasteiger partial charge is 0.261 e. The van der Waals surface area contributed by atoms with E-state index < -0.39 is 0 Å². The fourth-order valence-corrected chi connectivity index (χ4v) is 4.26. The van der Waals surface area contributed by atoms with E-state index in [1.54, 1.807) is 0 Å². The van der Waals surface area contributed by atoms with Gasteiger partial charge in [-0.3, -0.25) is 14.5 Å². The number of imidazole rings is 1. The Morgan fingerprint density at radius 2 is 1.88 bits per heavy atom. The molecule has 5 heterocycles. The van der Waals surface area contributed by atoms with Gasteiger partial charge in [-0.25, -0.2) is 9.13 Å². The lowest BCUT2D eigenvalue weighted by Gasteiger charge is -2.04. The molecular weight excluding hydrogens is 322 g/mol. The van der Waals surface area contributed by atoms with Crippen LogP contribution in [0.15, 0.2) is 67.1 Å². The second kappa shape index (κ2) is 4.79. The SMILES string of the molecule is Cn1c2cnccc2c2c1[n+]1c(n2-c2ccccc2)-c2cccnc2C1. The molecule has 1 aliphatic heterocycles. The highest BCUT2D eigenvalue weighted by molar-refractivity contribution is 6.05. The molecule has 0 N–H and O–H groups in total. The summed E-state index contributed by atoms with van der Waals surface area (Å²) in [5.41, 5.74) is 7.05. The molecule has 4 aromatic heterocycles. The zero-order valence-corrected chi connectivity index (χ0v) is 14.3. The lowest BCUT2D eigenvalue weighted by atomic mass is 10.2. The molecule has 0 amide bonds. The number of hydrogen-bond acceptors (Lipinski definition) is 2. The molecule has 0 saturated carbocycles. The maximum absolute atomic E-state index is 4.62. The van der Waals surface area contributed by atoms with Crippen LogP contribution in [0.25, 0.3) is 39.1 Å². The minimum atomic E-state index is 0.791. The number of aryl methyl sites for hydroxylation is 1. The molecule has 0 unspecified atom stereocenters. The molecule has 5 heteroatoms. The Kier molecular flexibility index (Phi) is 2.54. The molecule has 5 aromatic rings. The van der Waals surface area contributed by atoms with Crippen LogP contribution in [0.3, 0.4) is 0 Å². The molecule has 6 rings (SSSR count). The van der Waals surface area contributed by atoms with E-state index in [4.69, 9.17) is 0 Å². The van der Waals surface area contributed by atoms with Crippen LogP contribution < -0.4 is 4.57 Å². The molecule has 26 heavy (non-hydrogen) atoms. The van der Waals surface area contributed by atoms with E-state index in [1.807, 2.05) is 24.7 Å². The molecule has 0 bridgehead atoms. The number of pyridine rings is 2. The summed E-state index contributed by atoms with van der Waals surface area (Å²) in [4.78, 5) is 8.95. The van der Waals surface area contributed by atoms with E-state index in [2.05, 4.69) is 73.2 Å². The molecule has 0 saturated heterocycles. The average Bonchev–Trinajstić information content (AvgIpc) is 3.31. The van der Waals surface area contributed by atoms with Crippen LogP contribution in [0, 0.1) is 0 Å². The first-order valence-electron chi connectivity index (χ1n) is 8.71. The summed E-state index contributed by atoms with van der Waals surface area (Å²) < 4.78 is 6.98. The van der Waals surface area contributed by atoms with Gasteiger partial charge in [0, 0.05) is 12.4 Å². The molecule has 1 aromatic carbocycles. The third kappa shape index (κ3) is 1.57. The molecular formula is C21H16N5+. The monoisotopic (exact) mass is 338 g/mol. The first-order valence-corrected chi connectivity index (χ1v) is 8.71. The summed E-state index contributed by atoms with van der Waals surface area (Å²) in [6, 6.07) is 16.8. The Labute approximate surface area is 149 Å². The van der Waals surface area contributed by atoms with Gasteiger partial charge in [-0.1, -0.05) is 18.2 Å². The van der Waals surface area contributed by atoms with Gasteiger partial charge in [0.25, 0.3) is 5.65 Å². The van der Waals surface area contributed by atoms with Crippen molar-refractivity contribution in [2.75, 3.05) is 0 Å². The van der Waals surface area contributed by atoms with Crippen LogP contribution in [-0.2, 0) is 13.6 Å². The Morgan fingerprint density at radius 1 is 1.00 bits per heavy atom. The third-order valence-electron chi connectivity index (χ3n) is 5.35. The van der Waals surface area contributed by atoms with Crippen molar-refractivity contribution in [2.24, 2.45) is 7.05 Å². The number of fused-ring (bicyclic) bond motifs is 7. The summed E-state index contributed by atoms with van der Waals surface area (Å²) >= 11 is 0. The first kappa shape index (κ1) is 13.8. The molecule has 0 aliphatic carbocycles. The molecule has 0 radical (unpaired) electrons. The fraction of sp³-hybridized carbons (Fsp3) is 0.0952. The lowest BCUT2D eigenvalue weighted by molar-refractivity contribution is -0.648. The van der Waals surface area contributed by atoms with E-state index in [1.165, 1.54) is 27.9 Å². The van der Waals surface area contributed by atoms with Crippen molar-refractivity contribution in [3.8, 4) is 17.1 Å². The van der Waals surface area contributed by atoms with E-state index in [-0.39, 0.29) is 0 Å². The van der Waals surface area contributed by atoms with Crippen LogP contribution in [-0.4, -0.2) is 19.1 Å². The van der Waals surface area contributed by atoms with Crippen LogP contribution >= 0.6 is 0 Å². The largest absolute Gasteiger partial charge is 0.270 e. The van der Waals surface area contributed by atoms with Crippen molar-refractivity contribution in [3.63, 3.8) is 0 Å². The topological polar surface area (TPSA) is 39.5 Å². The van der Waals surface area contributed by atoms with Crippen molar-refractivity contribution in [1.82, 2.24) is 19.1 Å². The van der Waals surface area contributed by atoms with Crippen LogP contribution in [0.1, 0.15) is 5.69 Å². The van der Waals surface area contributed by atoms with Crippen LogP contribution in [0.4, 0.5) is 0 Å². The van der Waals surface area contributed by atoms with E-state index in [9.17, 15) is 0 Å². The molecule has 0 atom stereocenters. The molecule has 1 aliphatic rings. The van der Waals surface area contributed by atoms with Crippen molar-refractivity contribution in [1.29, 1.82) is 0 Å². The number of benzene rings is 1. The van der Waals surface area contributed by atoms with E-state index >= 15 is 0 Å². The van der Waals surface area contributed by atoms with Crippen molar-refractivity contribution in [2.45, 2.75) is 6.54 Å². The van der Waals surface area contributed by atoms with Gasteiger partial charge in [0.15, 0.2) is 5.52 Å². The second-order valence-electron chi connectivity index (χ2n) is 6.70. The highest BCUT2D eigenvalue weighted by Crippen LogP contribution is 2.36. The molecule has 5 nitrogen and oxygen atoms in total. The number of hydrogen-bond donors (Lipinski definition) is 0. The molecule has 0 fully saturated rings. The Hall–Kier alpha value is -3.47. The number of nitrogens with zero attached hydrogens (tertiary/aromatic N) is 5. The average molecular weight is 338 g/mol. The maximum atomic E-state index is 4.62. The summed E-state index contributed by atoms with van der Waals surface area (Å²) in [6.07, 6.45) is 5.69. The summed E-state index contributed by atoms with van der Waals surface area (Å²) in [6.45, 7) is 0.791. The summed E-state index contributed by atoms with van der Waals surface area (Å²) in [5.74, 6) is 1.19. The van der Waals surface area contributed by atoms with Gasteiger partial charge in [0.1, 0.15) is 17.7 Å². The van der Waals surface area contributed by atoms with E-state index in [0.29, 0.717) is 0 Å². The zero-order valence-electron chi connectivity index (χ0n) is 14.3. The number of para-hydroxylation sites is 1. The third-order valence-corrected chi connectivity index (χ3v) is 5.35. The number of aromatic nitrogens is 5. The first-order chi connectivity index (χ1) is 12.8. The van der Waals surface area contributed by atoms with Gasteiger partial charge in [-0.05, 0) is 30.3 Å². The Morgan fingerprint density at radius 3 is 2.77 bits per heavy atom. The predicted molar refractivity (Wildman–Crippen MR) is 100 cm³/mol. The molecule has 124 valence electrons. The van der Waals surface area contributed by atoms with Crippen molar-refractivity contribution < 1.29 is 4.57 Å². The van der Waals surface area contributed by atoms with Crippen LogP contribution in [0.5, 0.6) is 0 Å². The van der Waals surface area contributed by atoms with E-state index in [0.717, 1.165) is 23.4 Å². The Bertz CT molecular complexity index is 1310. The van der Waals surface area contributed by atoms with Gasteiger partial charge in [0.05, 0.1) is 29.9 Å². The highest BCUT2D eigenvalue weighted by atomic mass is 15.3. The molecule has 0 spiro atoms. The van der Waals surface area contributed by atoms with Crippen molar-refractivity contribution in [3.05, 3.63) is 72.8 Å². The van der Waals surface area contributed by atoms with Gasteiger partial charge in [-0.15, -0.1) is 0 Å². The zero-order chi connectivity index (χ0) is 17.3. The summed E-state index contributed by atoms with van der Waals surface area (Å²) in [7, 11) is 2.12. The normalized spacial score (nSPS) is 12.7. The minimum Gasteiger partial charge on any atom is -0.261 e. The van der Waals surface area contributed by atoms with Gasteiger partial charge in [0.2, 0.25) is 5.82 Å². The lowest BCUT2D eigenvalue weighted by Crippen LogP contribution is -2.33. The minimum absolute atomic E-state index is 0.791. The fourth-order valence-electron chi connectivity index (χ4n) is 4.26. The highest BCUT2D eigenvalue weighted by Gasteiger charge is 2.37. The van der Waals surface area contributed by atoms with Gasteiger partial charge < -0.3 is 0 Å².